The molecule has 0 aliphatic carbocycles. The van der Waals surface area contributed by atoms with E-state index in [1.54, 1.807) is 13.2 Å². The molecule has 2 heterocycles. The van der Waals surface area contributed by atoms with Crippen molar-refractivity contribution in [1.82, 2.24) is 9.88 Å². The summed E-state index contributed by atoms with van der Waals surface area (Å²) in [6.45, 7) is 6.83. The van der Waals surface area contributed by atoms with E-state index >= 15 is 0 Å². The molecule has 4 heteroatoms. The number of H-pyrrole nitrogens is 1. The van der Waals surface area contributed by atoms with Gasteiger partial charge in [0.25, 0.3) is 0 Å². The number of rotatable bonds is 4. The van der Waals surface area contributed by atoms with Gasteiger partial charge in [-0.2, -0.15) is 0 Å². The number of halogens is 1. The van der Waals surface area contributed by atoms with Crippen LogP contribution in [0.4, 0.5) is 4.39 Å². The van der Waals surface area contributed by atoms with Gasteiger partial charge in [0, 0.05) is 42.7 Å². The number of aromatic nitrogens is 1. The van der Waals surface area contributed by atoms with Crippen LogP contribution in [0.3, 0.4) is 0 Å². The van der Waals surface area contributed by atoms with Gasteiger partial charge in [-0.15, -0.1) is 0 Å². The van der Waals surface area contributed by atoms with Gasteiger partial charge in [0.1, 0.15) is 11.6 Å². The Kier molecular flexibility index (Phi) is 4.06. The maximum absolute atomic E-state index is 13.6. The van der Waals surface area contributed by atoms with Gasteiger partial charge in [0.15, 0.2) is 0 Å². The maximum Gasteiger partial charge on any atom is 0.123 e. The number of aromatic amines is 1. The first-order chi connectivity index (χ1) is 12.1. The highest BCUT2D eigenvalue weighted by Crippen LogP contribution is 2.29. The van der Waals surface area contributed by atoms with Crippen LogP contribution in [-0.2, 0) is 13.0 Å². The molecule has 1 N–H and O–H groups in total. The van der Waals surface area contributed by atoms with Crippen LogP contribution in [0, 0.1) is 5.82 Å². The van der Waals surface area contributed by atoms with Crippen molar-refractivity contribution in [2.45, 2.75) is 13.0 Å². The average Bonchev–Trinajstić information content (AvgIpc) is 2.99. The van der Waals surface area contributed by atoms with E-state index in [2.05, 4.69) is 16.5 Å². The second-order valence-electron chi connectivity index (χ2n) is 6.56. The van der Waals surface area contributed by atoms with Crippen LogP contribution in [0.25, 0.3) is 16.5 Å². The third kappa shape index (κ3) is 3.05. The summed E-state index contributed by atoms with van der Waals surface area (Å²) >= 11 is 0. The predicted octanol–water partition coefficient (Wildman–Crippen LogP) is 4.39. The molecule has 2 aromatic carbocycles. The smallest absolute Gasteiger partial charge is 0.123 e. The van der Waals surface area contributed by atoms with Crippen LogP contribution < -0.4 is 4.74 Å². The number of hydrogen-bond acceptors (Lipinski definition) is 2. The predicted molar refractivity (Wildman–Crippen MR) is 99.3 cm³/mol. The number of nitrogens with one attached hydrogen (secondary N) is 1. The Morgan fingerprint density at radius 2 is 2.04 bits per heavy atom. The third-order valence-corrected chi connectivity index (χ3v) is 4.93. The molecule has 128 valence electrons. The molecule has 3 nitrogen and oxygen atoms in total. The first kappa shape index (κ1) is 15.9. The summed E-state index contributed by atoms with van der Waals surface area (Å²) < 4.78 is 18.8. The third-order valence-electron chi connectivity index (χ3n) is 4.93. The quantitative estimate of drug-likeness (QED) is 0.765. The van der Waals surface area contributed by atoms with E-state index in [0.717, 1.165) is 53.8 Å². The monoisotopic (exact) mass is 336 g/mol. The molecular weight excluding hydrogens is 315 g/mol. The zero-order chi connectivity index (χ0) is 17.4. The van der Waals surface area contributed by atoms with Crippen molar-refractivity contribution in [3.63, 3.8) is 0 Å². The van der Waals surface area contributed by atoms with Crippen LogP contribution in [0.15, 0.2) is 49.0 Å². The molecule has 0 atom stereocenters. The van der Waals surface area contributed by atoms with Crippen LogP contribution >= 0.6 is 0 Å². The molecule has 0 saturated heterocycles. The zero-order valence-electron chi connectivity index (χ0n) is 14.3. The second-order valence-corrected chi connectivity index (χ2v) is 6.56. The van der Waals surface area contributed by atoms with Gasteiger partial charge in [-0.3, -0.25) is 4.90 Å². The van der Waals surface area contributed by atoms with Gasteiger partial charge in [-0.25, -0.2) is 4.39 Å². The largest absolute Gasteiger partial charge is 0.497 e. The molecule has 0 spiro atoms. The Labute approximate surface area is 146 Å². The van der Waals surface area contributed by atoms with E-state index in [4.69, 9.17) is 4.74 Å². The number of methoxy groups -OCH3 is 1. The second kappa shape index (κ2) is 6.37. The number of fused-ring (bicyclic) bond motifs is 3. The summed E-state index contributed by atoms with van der Waals surface area (Å²) in [5, 5.41) is 0.995. The number of benzene rings is 2. The standard InChI is InChI=1S/C21H21FN2O/c1-14(15-3-6-17(25-2)7-4-15)12-24-10-9-21-19(13-24)18-11-16(22)5-8-20(18)23-21/h3-8,11,23H,1,9-10,12-13H2,2H3. The molecule has 1 aliphatic heterocycles. The number of hydrogen-bond donors (Lipinski definition) is 1. The normalized spacial score (nSPS) is 14.5. The minimum atomic E-state index is -0.186. The molecule has 0 bridgehead atoms. The van der Waals surface area contributed by atoms with Crippen molar-refractivity contribution in [3.8, 4) is 5.75 Å². The molecule has 4 rings (SSSR count). The van der Waals surface area contributed by atoms with Crippen molar-refractivity contribution < 1.29 is 9.13 Å². The molecule has 0 saturated carbocycles. The maximum atomic E-state index is 13.6. The molecule has 0 radical (unpaired) electrons. The van der Waals surface area contributed by atoms with Gasteiger partial charge >= 0.3 is 0 Å². The average molecular weight is 336 g/mol. The Bertz CT molecular complexity index is 927. The summed E-state index contributed by atoms with van der Waals surface area (Å²) in [6.07, 6.45) is 0.946. The van der Waals surface area contributed by atoms with Crippen LogP contribution in [0.2, 0.25) is 0 Å². The molecule has 0 fully saturated rings. The first-order valence-electron chi connectivity index (χ1n) is 8.47. The number of nitrogens with zero attached hydrogens (tertiary/aromatic N) is 1. The Balaban J connectivity index is 1.52. The van der Waals surface area contributed by atoms with Gasteiger partial charge in [0.05, 0.1) is 7.11 Å². The SMILES string of the molecule is C=C(CN1CCc2[nH]c3ccc(F)cc3c2C1)c1ccc(OC)cc1. The zero-order valence-corrected chi connectivity index (χ0v) is 14.3. The van der Waals surface area contributed by atoms with Crippen molar-refractivity contribution >= 4 is 16.5 Å². The summed E-state index contributed by atoms with van der Waals surface area (Å²) in [4.78, 5) is 5.80. The van der Waals surface area contributed by atoms with E-state index in [0.29, 0.717) is 0 Å². The lowest BCUT2D eigenvalue weighted by Gasteiger charge is -2.28. The van der Waals surface area contributed by atoms with Gasteiger partial charge in [0.2, 0.25) is 0 Å². The fourth-order valence-electron chi connectivity index (χ4n) is 3.57. The molecule has 1 aromatic heterocycles. The molecule has 1 aliphatic rings. The van der Waals surface area contributed by atoms with Crippen LogP contribution in [-0.4, -0.2) is 30.1 Å². The van der Waals surface area contributed by atoms with Gasteiger partial charge in [-0.05, 0) is 47.0 Å². The first-order valence-corrected chi connectivity index (χ1v) is 8.47. The lowest BCUT2D eigenvalue weighted by molar-refractivity contribution is 0.286. The highest BCUT2D eigenvalue weighted by Gasteiger charge is 2.21. The molecular formula is C21H21FN2O. The summed E-state index contributed by atoms with van der Waals surface area (Å²) in [5.41, 5.74) is 5.66. The van der Waals surface area contributed by atoms with Crippen LogP contribution in [0.5, 0.6) is 5.75 Å². The molecule has 0 unspecified atom stereocenters. The minimum Gasteiger partial charge on any atom is -0.497 e. The lowest BCUT2D eigenvalue weighted by Crippen LogP contribution is -2.31. The van der Waals surface area contributed by atoms with Crippen molar-refractivity contribution in [2.24, 2.45) is 0 Å². The van der Waals surface area contributed by atoms with Crippen LogP contribution in [0.1, 0.15) is 16.8 Å². The van der Waals surface area contributed by atoms with Crippen molar-refractivity contribution in [2.75, 3.05) is 20.2 Å². The van der Waals surface area contributed by atoms with Gasteiger partial charge in [-0.1, -0.05) is 18.7 Å². The molecule has 0 amide bonds. The topological polar surface area (TPSA) is 28.3 Å². The highest BCUT2D eigenvalue weighted by atomic mass is 19.1. The highest BCUT2D eigenvalue weighted by molar-refractivity contribution is 5.85. The van der Waals surface area contributed by atoms with E-state index < -0.39 is 0 Å². The summed E-state index contributed by atoms with van der Waals surface area (Å²) in [5.74, 6) is 0.661. The Hall–Kier alpha value is -2.59. The Morgan fingerprint density at radius 3 is 2.80 bits per heavy atom. The lowest BCUT2D eigenvalue weighted by atomic mass is 10.0. The summed E-state index contributed by atoms with van der Waals surface area (Å²) in [7, 11) is 1.67. The van der Waals surface area contributed by atoms with E-state index in [-0.39, 0.29) is 5.82 Å². The van der Waals surface area contributed by atoms with Crippen molar-refractivity contribution in [1.29, 1.82) is 0 Å². The van der Waals surface area contributed by atoms with E-state index in [9.17, 15) is 4.39 Å². The molecule has 25 heavy (non-hydrogen) atoms. The van der Waals surface area contributed by atoms with E-state index in [1.807, 2.05) is 30.3 Å². The number of ether oxygens (including phenoxy) is 1. The van der Waals surface area contributed by atoms with E-state index in [1.165, 1.54) is 17.3 Å². The Morgan fingerprint density at radius 1 is 1.24 bits per heavy atom. The fraction of sp³-hybridized carbons (Fsp3) is 0.238. The minimum absolute atomic E-state index is 0.186. The summed E-state index contributed by atoms with van der Waals surface area (Å²) in [6, 6.07) is 13.0. The molecule has 3 aromatic rings. The van der Waals surface area contributed by atoms with Crippen molar-refractivity contribution in [3.05, 3.63) is 71.7 Å². The van der Waals surface area contributed by atoms with Gasteiger partial charge < -0.3 is 9.72 Å². The fourth-order valence-corrected chi connectivity index (χ4v) is 3.57.